The van der Waals surface area contributed by atoms with E-state index in [2.05, 4.69) is 10.0 Å². The van der Waals surface area contributed by atoms with Crippen LogP contribution in [0.25, 0.3) is 10.4 Å². The van der Waals surface area contributed by atoms with Crippen LogP contribution in [-0.4, -0.2) is 11.1 Å². The molecule has 1 N–H and O–H groups in total. The Labute approximate surface area is 78.4 Å². The lowest BCUT2D eigenvalue weighted by Gasteiger charge is -2.00. The van der Waals surface area contributed by atoms with Gasteiger partial charge in [-0.25, -0.2) is 9.18 Å². The fourth-order valence-corrected chi connectivity index (χ4v) is 0.937. The van der Waals surface area contributed by atoms with Crippen molar-refractivity contribution in [2.24, 2.45) is 5.11 Å². The van der Waals surface area contributed by atoms with E-state index in [1.165, 1.54) is 0 Å². The molecule has 0 radical (unpaired) electrons. The van der Waals surface area contributed by atoms with E-state index in [9.17, 15) is 9.18 Å². The van der Waals surface area contributed by atoms with Crippen LogP contribution in [0.5, 0.6) is 0 Å². The first kappa shape index (κ1) is 10.0. The summed E-state index contributed by atoms with van der Waals surface area (Å²) in [6.07, 6.45) is 0. The molecule has 0 fully saturated rings. The summed E-state index contributed by atoms with van der Waals surface area (Å²) in [5.41, 5.74) is 8.06. The molecule has 0 saturated carbocycles. The molecule has 0 atom stereocenters. The fourth-order valence-electron chi connectivity index (χ4n) is 0.937. The fraction of sp³-hybridized carbons (Fsp3) is 0.125. The van der Waals surface area contributed by atoms with Gasteiger partial charge in [-0.15, -0.1) is 0 Å². The number of carboxylic acids is 1. The molecule has 6 heteroatoms. The van der Waals surface area contributed by atoms with E-state index in [4.69, 9.17) is 10.6 Å². The van der Waals surface area contributed by atoms with Crippen LogP contribution in [0.1, 0.15) is 15.9 Å². The number of rotatable bonds is 3. The summed E-state index contributed by atoms with van der Waals surface area (Å²) in [5, 5.41) is 11.8. The molecule has 0 aliphatic heterocycles. The Balaban J connectivity index is 3.07. The van der Waals surface area contributed by atoms with E-state index in [0.29, 0.717) is 0 Å². The second-order valence-electron chi connectivity index (χ2n) is 2.50. The second kappa shape index (κ2) is 4.25. The second-order valence-corrected chi connectivity index (χ2v) is 2.50. The Morgan fingerprint density at radius 3 is 2.93 bits per heavy atom. The standard InChI is InChI=1S/C8H6FN3O2/c9-7-2-1-5(8(13)14)3-6(7)4-11-12-10/h1-3H,4H2,(H,13,14). The van der Waals surface area contributed by atoms with E-state index >= 15 is 0 Å². The van der Waals surface area contributed by atoms with Gasteiger partial charge in [0.2, 0.25) is 0 Å². The average Bonchev–Trinajstić information content (AvgIpc) is 2.16. The van der Waals surface area contributed by atoms with E-state index in [1.54, 1.807) is 0 Å². The van der Waals surface area contributed by atoms with Gasteiger partial charge in [0, 0.05) is 4.91 Å². The van der Waals surface area contributed by atoms with Gasteiger partial charge >= 0.3 is 5.97 Å². The van der Waals surface area contributed by atoms with Gasteiger partial charge in [0.15, 0.2) is 0 Å². The molecule has 72 valence electrons. The first-order valence-electron chi connectivity index (χ1n) is 3.67. The number of nitrogens with zero attached hydrogens (tertiary/aromatic N) is 3. The Morgan fingerprint density at radius 1 is 1.64 bits per heavy atom. The normalized spacial score (nSPS) is 9.21. The summed E-state index contributed by atoms with van der Waals surface area (Å²) < 4.78 is 13.0. The van der Waals surface area contributed by atoms with Crippen molar-refractivity contribution in [3.05, 3.63) is 45.6 Å². The molecule has 0 amide bonds. The number of carboxylic acid groups (broad SMARTS) is 1. The Morgan fingerprint density at radius 2 is 2.36 bits per heavy atom. The minimum atomic E-state index is -1.15. The van der Waals surface area contributed by atoms with Crippen molar-refractivity contribution in [1.82, 2.24) is 0 Å². The van der Waals surface area contributed by atoms with Crippen LogP contribution in [0.3, 0.4) is 0 Å². The van der Waals surface area contributed by atoms with Gasteiger partial charge in [-0.05, 0) is 29.3 Å². The van der Waals surface area contributed by atoms with Gasteiger partial charge in [-0.1, -0.05) is 5.11 Å². The third-order valence-corrected chi connectivity index (χ3v) is 1.60. The molecular formula is C8H6FN3O2. The third-order valence-electron chi connectivity index (χ3n) is 1.60. The van der Waals surface area contributed by atoms with E-state index in [0.717, 1.165) is 18.2 Å². The summed E-state index contributed by atoms with van der Waals surface area (Å²) >= 11 is 0. The average molecular weight is 195 g/mol. The van der Waals surface area contributed by atoms with E-state index < -0.39 is 11.8 Å². The summed E-state index contributed by atoms with van der Waals surface area (Å²) in [4.78, 5) is 13.0. The SMILES string of the molecule is [N-]=[N+]=NCc1cc(C(=O)O)ccc1F. The molecule has 0 saturated heterocycles. The number of hydrogen-bond acceptors (Lipinski definition) is 2. The monoisotopic (exact) mass is 195 g/mol. The first-order chi connectivity index (χ1) is 6.65. The van der Waals surface area contributed by atoms with Gasteiger partial charge in [0.05, 0.1) is 12.1 Å². The number of hydrogen-bond donors (Lipinski definition) is 1. The van der Waals surface area contributed by atoms with Crippen LogP contribution in [0.4, 0.5) is 4.39 Å². The molecular weight excluding hydrogens is 189 g/mol. The maximum atomic E-state index is 13.0. The van der Waals surface area contributed by atoms with Crippen LogP contribution < -0.4 is 0 Å². The predicted octanol–water partition coefficient (Wildman–Crippen LogP) is 2.33. The van der Waals surface area contributed by atoms with Crippen molar-refractivity contribution in [2.75, 3.05) is 0 Å². The smallest absolute Gasteiger partial charge is 0.335 e. The maximum absolute atomic E-state index is 13.0. The van der Waals surface area contributed by atoms with Gasteiger partial charge in [-0.3, -0.25) is 0 Å². The lowest BCUT2D eigenvalue weighted by atomic mass is 10.1. The lowest BCUT2D eigenvalue weighted by molar-refractivity contribution is 0.0696. The summed E-state index contributed by atoms with van der Waals surface area (Å²) in [5.74, 6) is -1.73. The van der Waals surface area contributed by atoms with Gasteiger partial charge in [0.1, 0.15) is 5.82 Å². The highest BCUT2D eigenvalue weighted by Crippen LogP contribution is 2.11. The molecule has 1 rings (SSSR count). The van der Waals surface area contributed by atoms with Crippen LogP contribution in [-0.2, 0) is 6.54 Å². The van der Waals surface area contributed by atoms with Crippen LogP contribution in [0, 0.1) is 5.82 Å². The van der Waals surface area contributed by atoms with Crippen molar-refractivity contribution in [3.63, 3.8) is 0 Å². The van der Waals surface area contributed by atoms with Crippen molar-refractivity contribution in [1.29, 1.82) is 0 Å². The summed E-state index contributed by atoms with van der Waals surface area (Å²) in [6, 6.07) is 3.33. The zero-order chi connectivity index (χ0) is 10.6. The Kier molecular flexibility index (Phi) is 3.04. The number of benzene rings is 1. The van der Waals surface area contributed by atoms with Crippen molar-refractivity contribution in [3.8, 4) is 0 Å². The molecule has 1 aromatic carbocycles. The quantitative estimate of drug-likeness (QED) is 0.455. The molecule has 14 heavy (non-hydrogen) atoms. The zero-order valence-electron chi connectivity index (χ0n) is 7.01. The molecule has 5 nitrogen and oxygen atoms in total. The van der Waals surface area contributed by atoms with Gasteiger partial charge in [0.25, 0.3) is 0 Å². The predicted molar refractivity (Wildman–Crippen MR) is 46.2 cm³/mol. The molecule has 0 aromatic heterocycles. The number of halogens is 1. The molecule has 0 bridgehead atoms. The third kappa shape index (κ3) is 2.21. The lowest BCUT2D eigenvalue weighted by Crippen LogP contribution is -1.99. The van der Waals surface area contributed by atoms with E-state index in [-0.39, 0.29) is 17.7 Å². The van der Waals surface area contributed by atoms with E-state index in [1.807, 2.05) is 0 Å². The first-order valence-corrected chi connectivity index (χ1v) is 3.67. The summed E-state index contributed by atoms with van der Waals surface area (Å²) in [6.45, 7) is -0.191. The van der Waals surface area contributed by atoms with Crippen LogP contribution >= 0.6 is 0 Å². The minimum Gasteiger partial charge on any atom is -0.478 e. The molecule has 0 aliphatic rings. The highest BCUT2D eigenvalue weighted by molar-refractivity contribution is 5.87. The molecule has 0 spiro atoms. The van der Waals surface area contributed by atoms with Crippen molar-refractivity contribution < 1.29 is 14.3 Å². The molecule has 1 aromatic rings. The summed E-state index contributed by atoms with van der Waals surface area (Å²) in [7, 11) is 0. The number of carbonyl (C=O) groups is 1. The van der Waals surface area contributed by atoms with Crippen molar-refractivity contribution in [2.45, 2.75) is 6.54 Å². The highest BCUT2D eigenvalue weighted by atomic mass is 19.1. The molecule has 0 heterocycles. The van der Waals surface area contributed by atoms with Gasteiger partial charge < -0.3 is 5.11 Å². The Bertz CT molecular complexity index is 413. The minimum absolute atomic E-state index is 0.0328. The maximum Gasteiger partial charge on any atom is 0.335 e. The molecule has 0 aliphatic carbocycles. The zero-order valence-corrected chi connectivity index (χ0v) is 7.01. The topological polar surface area (TPSA) is 86.1 Å². The number of azide groups is 1. The number of aromatic carboxylic acids is 1. The molecule has 0 unspecified atom stereocenters. The van der Waals surface area contributed by atoms with Crippen molar-refractivity contribution >= 4 is 5.97 Å². The Hall–Kier alpha value is -2.07. The van der Waals surface area contributed by atoms with Crippen LogP contribution in [0.15, 0.2) is 23.3 Å². The largest absolute Gasteiger partial charge is 0.478 e. The van der Waals surface area contributed by atoms with Gasteiger partial charge in [-0.2, -0.15) is 0 Å². The highest BCUT2D eigenvalue weighted by Gasteiger charge is 2.07. The van der Waals surface area contributed by atoms with Crippen LogP contribution in [0.2, 0.25) is 0 Å².